The maximum Gasteiger partial charge on any atom is 0.235 e. The van der Waals surface area contributed by atoms with Crippen molar-refractivity contribution in [3.63, 3.8) is 0 Å². The second kappa shape index (κ2) is 7.39. The minimum absolute atomic E-state index is 0.0189. The molecular formula is C13H18Cl2N2OS. The molecule has 2 atom stereocenters. The highest BCUT2D eigenvalue weighted by Crippen LogP contribution is 2.33. The van der Waals surface area contributed by atoms with Crippen molar-refractivity contribution in [1.29, 1.82) is 0 Å². The van der Waals surface area contributed by atoms with Crippen molar-refractivity contribution in [3.8, 4) is 0 Å². The van der Waals surface area contributed by atoms with E-state index in [1.165, 1.54) is 11.8 Å². The van der Waals surface area contributed by atoms with Gasteiger partial charge in [-0.1, -0.05) is 23.2 Å². The first kappa shape index (κ1) is 16.6. The first-order valence-electron chi connectivity index (χ1n) is 5.95. The van der Waals surface area contributed by atoms with Crippen LogP contribution in [-0.4, -0.2) is 35.7 Å². The molecule has 0 heterocycles. The zero-order valence-electron chi connectivity index (χ0n) is 11.2. The fraction of sp³-hybridized carbons (Fsp3) is 0.462. The summed E-state index contributed by atoms with van der Waals surface area (Å²) in [7, 11) is 1.76. The molecule has 0 saturated heterocycles. The molecule has 0 bridgehead atoms. The van der Waals surface area contributed by atoms with Gasteiger partial charge in [-0.05, 0) is 32.0 Å². The molecule has 0 aliphatic carbocycles. The summed E-state index contributed by atoms with van der Waals surface area (Å²) in [6, 6.07) is 5.24. The Kier molecular flexibility index (Phi) is 6.47. The molecule has 1 amide bonds. The Morgan fingerprint density at radius 1 is 1.42 bits per heavy atom. The maximum absolute atomic E-state index is 12.2. The van der Waals surface area contributed by atoms with Gasteiger partial charge >= 0.3 is 0 Å². The van der Waals surface area contributed by atoms with Crippen LogP contribution in [0.3, 0.4) is 0 Å². The van der Waals surface area contributed by atoms with Crippen LogP contribution in [0, 0.1) is 0 Å². The number of nitrogens with two attached hydrogens (primary N) is 1. The summed E-state index contributed by atoms with van der Waals surface area (Å²) in [5.74, 6) is 0.0268. The van der Waals surface area contributed by atoms with E-state index in [9.17, 15) is 4.79 Å². The van der Waals surface area contributed by atoms with Crippen LogP contribution in [0.4, 0.5) is 0 Å². The molecule has 0 aliphatic rings. The van der Waals surface area contributed by atoms with Crippen molar-refractivity contribution >= 4 is 40.9 Å². The van der Waals surface area contributed by atoms with E-state index in [2.05, 4.69) is 0 Å². The molecule has 0 saturated carbocycles. The Balaban J connectivity index is 2.76. The fourth-order valence-electron chi connectivity index (χ4n) is 1.47. The molecule has 3 nitrogen and oxygen atoms in total. The predicted octanol–water partition coefficient (Wildman–Crippen LogP) is 3.28. The van der Waals surface area contributed by atoms with Gasteiger partial charge in [0.05, 0.1) is 10.3 Å². The van der Waals surface area contributed by atoms with E-state index in [1.54, 1.807) is 30.1 Å². The molecule has 19 heavy (non-hydrogen) atoms. The van der Waals surface area contributed by atoms with Gasteiger partial charge < -0.3 is 10.6 Å². The number of likely N-dealkylation sites (N-methyl/N-ethyl adjacent to an activating group) is 1. The van der Waals surface area contributed by atoms with Crippen LogP contribution in [0.5, 0.6) is 0 Å². The molecule has 2 unspecified atom stereocenters. The number of amides is 1. The third kappa shape index (κ3) is 4.56. The molecule has 1 aromatic carbocycles. The van der Waals surface area contributed by atoms with Crippen molar-refractivity contribution in [2.24, 2.45) is 5.73 Å². The molecule has 1 aromatic rings. The largest absolute Gasteiger partial charge is 0.341 e. The average Bonchev–Trinajstić information content (AvgIpc) is 2.40. The average molecular weight is 321 g/mol. The lowest BCUT2D eigenvalue weighted by Gasteiger charge is -2.26. The number of carbonyl (C=O) groups excluding carboxylic acids is 1. The van der Waals surface area contributed by atoms with Gasteiger partial charge in [-0.25, -0.2) is 0 Å². The zero-order chi connectivity index (χ0) is 14.6. The monoisotopic (exact) mass is 320 g/mol. The minimum atomic E-state index is -0.241. The lowest BCUT2D eigenvalue weighted by Crippen LogP contribution is -2.43. The highest BCUT2D eigenvalue weighted by molar-refractivity contribution is 8.00. The lowest BCUT2D eigenvalue weighted by atomic mass is 10.3. The number of benzene rings is 1. The van der Waals surface area contributed by atoms with Crippen LogP contribution >= 0.6 is 35.0 Å². The van der Waals surface area contributed by atoms with Crippen molar-refractivity contribution in [1.82, 2.24) is 4.90 Å². The van der Waals surface area contributed by atoms with Gasteiger partial charge in [0.25, 0.3) is 0 Å². The summed E-state index contributed by atoms with van der Waals surface area (Å²) in [5.41, 5.74) is 5.57. The highest BCUT2D eigenvalue weighted by atomic mass is 35.5. The Labute approximate surface area is 128 Å². The van der Waals surface area contributed by atoms with Gasteiger partial charge in [0, 0.05) is 29.6 Å². The number of thioether (sulfide) groups is 1. The van der Waals surface area contributed by atoms with Crippen molar-refractivity contribution in [2.75, 3.05) is 13.6 Å². The Morgan fingerprint density at radius 2 is 2.05 bits per heavy atom. The van der Waals surface area contributed by atoms with Crippen LogP contribution in [0.1, 0.15) is 13.8 Å². The lowest BCUT2D eigenvalue weighted by molar-refractivity contribution is -0.130. The highest BCUT2D eigenvalue weighted by Gasteiger charge is 2.22. The first-order chi connectivity index (χ1) is 8.86. The SMILES string of the molecule is CC(Sc1cc(Cl)ccc1Cl)C(=O)N(C)C(C)CN. The third-order valence-corrected chi connectivity index (χ3v) is 4.72. The summed E-state index contributed by atoms with van der Waals surface area (Å²) in [4.78, 5) is 14.7. The normalized spacial score (nSPS) is 14.0. The van der Waals surface area contributed by atoms with Gasteiger partial charge in [0.15, 0.2) is 0 Å². The number of rotatable bonds is 5. The standard InChI is InChI=1S/C13H18Cl2N2OS/c1-8(7-16)17(3)13(18)9(2)19-12-6-10(14)4-5-11(12)15/h4-6,8-9H,7,16H2,1-3H3. The fourth-order valence-corrected chi connectivity index (χ4v) is 2.98. The predicted molar refractivity (Wildman–Crippen MR) is 83.1 cm³/mol. The molecule has 0 radical (unpaired) electrons. The van der Waals surface area contributed by atoms with Crippen LogP contribution in [0.25, 0.3) is 0 Å². The molecule has 0 spiro atoms. The first-order valence-corrected chi connectivity index (χ1v) is 7.58. The summed E-state index contributed by atoms with van der Waals surface area (Å²) in [6.45, 7) is 4.21. The van der Waals surface area contributed by atoms with Gasteiger partial charge in [0.2, 0.25) is 5.91 Å². The molecule has 2 N–H and O–H groups in total. The Bertz CT molecular complexity index is 456. The van der Waals surface area contributed by atoms with Gasteiger partial charge in [-0.3, -0.25) is 4.79 Å². The summed E-state index contributed by atoms with van der Waals surface area (Å²) in [6.07, 6.45) is 0. The van der Waals surface area contributed by atoms with E-state index < -0.39 is 0 Å². The molecule has 0 fully saturated rings. The maximum atomic E-state index is 12.2. The number of nitrogens with zero attached hydrogens (tertiary/aromatic N) is 1. The number of hydrogen-bond donors (Lipinski definition) is 1. The quantitative estimate of drug-likeness (QED) is 0.847. The smallest absolute Gasteiger partial charge is 0.235 e. The number of hydrogen-bond acceptors (Lipinski definition) is 3. The van der Waals surface area contributed by atoms with Gasteiger partial charge in [-0.15, -0.1) is 11.8 Å². The molecule has 6 heteroatoms. The number of carbonyl (C=O) groups is 1. The Hall–Kier alpha value is -0.420. The van der Waals surface area contributed by atoms with Crippen LogP contribution < -0.4 is 5.73 Å². The van der Waals surface area contributed by atoms with Crippen LogP contribution in [0.15, 0.2) is 23.1 Å². The molecule has 0 aliphatic heterocycles. The second-order valence-corrected chi connectivity index (χ2v) is 6.59. The topological polar surface area (TPSA) is 46.3 Å². The molecule has 1 rings (SSSR count). The van der Waals surface area contributed by atoms with Gasteiger partial charge in [0.1, 0.15) is 0 Å². The minimum Gasteiger partial charge on any atom is -0.341 e. The van der Waals surface area contributed by atoms with Crippen LogP contribution in [0.2, 0.25) is 10.0 Å². The van der Waals surface area contributed by atoms with E-state index >= 15 is 0 Å². The van der Waals surface area contributed by atoms with Gasteiger partial charge in [-0.2, -0.15) is 0 Å². The van der Waals surface area contributed by atoms with E-state index in [0.717, 1.165) is 4.90 Å². The van der Waals surface area contributed by atoms with Crippen molar-refractivity contribution < 1.29 is 4.79 Å². The molecule has 106 valence electrons. The Morgan fingerprint density at radius 3 is 2.63 bits per heavy atom. The van der Waals surface area contributed by atoms with Crippen LogP contribution in [-0.2, 0) is 4.79 Å². The van der Waals surface area contributed by atoms with E-state index in [-0.39, 0.29) is 17.2 Å². The second-order valence-electron chi connectivity index (χ2n) is 4.37. The van der Waals surface area contributed by atoms with E-state index in [0.29, 0.717) is 16.6 Å². The number of halogens is 2. The summed E-state index contributed by atoms with van der Waals surface area (Å²) < 4.78 is 0. The van der Waals surface area contributed by atoms with Crippen molar-refractivity contribution in [3.05, 3.63) is 28.2 Å². The summed E-state index contributed by atoms with van der Waals surface area (Å²) >= 11 is 13.4. The van der Waals surface area contributed by atoms with E-state index in [4.69, 9.17) is 28.9 Å². The summed E-state index contributed by atoms with van der Waals surface area (Å²) in [5, 5.41) is 0.966. The van der Waals surface area contributed by atoms with E-state index in [1.807, 2.05) is 13.8 Å². The molecule has 0 aromatic heterocycles. The van der Waals surface area contributed by atoms with Crippen molar-refractivity contribution in [2.45, 2.75) is 30.0 Å². The third-order valence-electron chi connectivity index (χ3n) is 2.89. The zero-order valence-corrected chi connectivity index (χ0v) is 13.5. The molecular weight excluding hydrogens is 303 g/mol.